The molecule has 0 amide bonds. The van der Waals surface area contributed by atoms with Crippen LogP contribution in [0.4, 0.5) is 11.4 Å². The van der Waals surface area contributed by atoms with Gasteiger partial charge in [0.15, 0.2) is 0 Å². The molecule has 0 spiro atoms. The Balaban J connectivity index is 3.17. The second kappa shape index (κ2) is 4.51. The summed E-state index contributed by atoms with van der Waals surface area (Å²) in [6, 6.07) is 5.42. The number of rotatable bonds is 3. The average Bonchev–Trinajstić information content (AvgIpc) is 2.11. The lowest BCUT2D eigenvalue weighted by atomic mass is 10.1. The molecule has 0 radical (unpaired) electrons. The summed E-state index contributed by atoms with van der Waals surface area (Å²) in [5.41, 5.74) is 8.03. The second-order valence-electron chi connectivity index (χ2n) is 3.66. The van der Waals surface area contributed by atoms with Gasteiger partial charge in [-0.15, -0.1) is 0 Å². The number of nitrogens with two attached hydrogens (primary N) is 1. The van der Waals surface area contributed by atoms with Crippen LogP contribution in [0.15, 0.2) is 18.2 Å². The van der Waals surface area contributed by atoms with Crippen molar-refractivity contribution in [3.63, 3.8) is 0 Å². The van der Waals surface area contributed by atoms with Crippen LogP contribution in [-0.4, -0.2) is 22.7 Å². The molecule has 0 aliphatic carbocycles. The van der Waals surface area contributed by atoms with E-state index >= 15 is 0 Å². The highest BCUT2D eigenvalue weighted by atomic mass is 16.3. The van der Waals surface area contributed by atoms with E-state index in [0.29, 0.717) is 5.69 Å². The predicted molar refractivity (Wildman–Crippen MR) is 61.4 cm³/mol. The van der Waals surface area contributed by atoms with Gasteiger partial charge in [-0.3, -0.25) is 0 Å². The van der Waals surface area contributed by atoms with E-state index in [1.54, 1.807) is 26.0 Å². The number of hydrogen-bond donors (Lipinski definition) is 3. The van der Waals surface area contributed by atoms with E-state index in [4.69, 9.17) is 5.73 Å². The molecule has 1 aromatic rings. The highest BCUT2D eigenvalue weighted by molar-refractivity contribution is 5.64. The van der Waals surface area contributed by atoms with Crippen LogP contribution >= 0.6 is 0 Å². The Morgan fingerprint density at radius 2 is 1.73 bits per heavy atom. The molecule has 15 heavy (non-hydrogen) atoms. The quantitative estimate of drug-likeness (QED) is 0.515. The Morgan fingerprint density at radius 1 is 1.20 bits per heavy atom. The Hall–Kier alpha value is -1.26. The van der Waals surface area contributed by atoms with Crippen molar-refractivity contribution in [3.8, 4) is 0 Å². The van der Waals surface area contributed by atoms with Crippen LogP contribution in [-0.2, 0) is 0 Å². The van der Waals surface area contributed by atoms with Crippen molar-refractivity contribution < 1.29 is 10.2 Å². The second-order valence-corrected chi connectivity index (χ2v) is 3.66. The van der Waals surface area contributed by atoms with Crippen molar-refractivity contribution in [2.75, 3.05) is 10.6 Å². The summed E-state index contributed by atoms with van der Waals surface area (Å²) in [5.74, 6) is 0. The molecule has 0 bridgehead atoms. The molecule has 1 rings (SSSR count). The van der Waals surface area contributed by atoms with E-state index in [1.807, 2.05) is 13.0 Å². The van der Waals surface area contributed by atoms with Gasteiger partial charge >= 0.3 is 0 Å². The van der Waals surface area contributed by atoms with Gasteiger partial charge in [-0.05, 0) is 38.5 Å². The van der Waals surface area contributed by atoms with Crippen molar-refractivity contribution in [2.24, 2.45) is 0 Å². The zero-order chi connectivity index (χ0) is 11.6. The summed E-state index contributed by atoms with van der Waals surface area (Å²) in [4.78, 5) is 1.51. The van der Waals surface area contributed by atoms with Crippen LogP contribution in [0.2, 0.25) is 0 Å². The van der Waals surface area contributed by atoms with Crippen molar-refractivity contribution in [2.45, 2.75) is 33.2 Å². The summed E-state index contributed by atoms with van der Waals surface area (Å²) in [6.07, 6.45) is -1.52. The van der Waals surface area contributed by atoms with Gasteiger partial charge in [0, 0.05) is 11.4 Å². The molecule has 0 heterocycles. The van der Waals surface area contributed by atoms with Gasteiger partial charge in [-0.25, -0.2) is 0 Å². The molecular weight excluding hydrogens is 192 g/mol. The van der Waals surface area contributed by atoms with E-state index in [9.17, 15) is 10.2 Å². The summed E-state index contributed by atoms with van der Waals surface area (Å²) in [7, 11) is 0. The highest BCUT2D eigenvalue weighted by Gasteiger charge is 2.18. The SMILES string of the molecule is Cc1c(N)cccc1N(C(C)O)C(C)O. The normalized spacial score (nSPS) is 14.7. The molecular formula is C11H18N2O2. The molecule has 2 atom stereocenters. The number of hydrogen-bond acceptors (Lipinski definition) is 4. The summed E-state index contributed by atoms with van der Waals surface area (Å²) < 4.78 is 0. The summed E-state index contributed by atoms with van der Waals surface area (Å²) in [5, 5.41) is 19.2. The van der Waals surface area contributed by atoms with Crippen LogP contribution in [0.1, 0.15) is 19.4 Å². The minimum Gasteiger partial charge on any atom is -0.398 e. The molecule has 1 aromatic carbocycles. The zero-order valence-electron chi connectivity index (χ0n) is 9.31. The smallest absolute Gasteiger partial charge is 0.126 e. The summed E-state index contributed by atoms with van der Waals surface area (Å²) in [6.45, 7) is 5.08. The first kappa shape index (κ1) is 11.8. The van der Waals surface area contributed by atoms with Gasteiger partial charge in [-0.2, -0.15) is 0 Å². The van der Waals surface area contributed by atoms with E-state index < -0.39 is 12.5 Å². The van der Waals surface area contributed by atoms with Crippen molar-refractivity contribution >= 4 is 11.4 Å². The van der Waals surface area contributed by atoms with Gasteiger partial charge in [0.25, 0.3) is 0 Å². The first-order valence-corrected chi connectivity index (χ1v) is 4.94. The molecule has 0 aliphatic rings. The standard InChI is InChI=1S/C11H18N2O2/c1-7-10(12)5-4-6-11(7)13(8(2)14)9(3)15/h4-6,8-9,14-15H,12H2,1-3H3. The topological polar surface area (TPSA) is 69.7 Å². The fourth-order valence-corrected chi connectivity index (χ4v) is 1.64. The van der Waals surface area contributed by atoms with Crippen molar-refractivity contribution in [1.29, 1.82) is 0 Å². The van der Waals surface area contributed by atoms with Crippen LogP contribution in [0.5, 0.6) is 0 Å². The third-order valence-electron chi connectivity index (χ3n) is 2.43. The van der Waals surface area contributed by atoms with Gasteiger partial charge < -0.3 is 20.8 Å². The number of aliphatic hydroxyl groups excluding tert-OH is 2. The lowest BCUT2D eigenvalue weighted by Crippen LogP contribution is -2.40. The maximum Gasteiger partial charge on any atom is 0.126 e. The first-order valence-electron chi connectivity index (χ1n) is 4.94. The molecule has 4 heteroatoms. The number of nitrogens with zero attached hydrogens (tertiary/aromatic N) is 1. The Bertz CT molecular complexity index is 329. The molecule has 0 fully saturated rings. The largest absolute Gasteiger partial charge is 0.398 e. The van der Waals surface area contributed by atoms with E-state index in [1.165, 1.54) is 4.90 Å². The molecule has 0 saturated heterocycles. The maximum absolute atomic E-state index is 9.58. The minimum atomic E-state index is -0.759. The number of anilines is 2. The fourth-order valence-electron chi connectivity index (χ4n) is 1.64. The molecule has 4 nitrogen and oxygen atoms in total. The third kappa shape index (κ3) is 2.40. The zero-order valence-corrected chi connectivity index (χ0v) is 9.31. The Morgan fingerprint density at radius 3 is 2.20 bits per heavy atom. The number of aliphatic hydroxyl groups is 2. The van der Waals surface area contributed by atoms with Crippen molar-refractivity contribution in [3.05, 3.63) is 23.8 Å². The van der Waals surface area contributed by atoms with E-state index in [2.05, 4.69) is 0 Å². The average molecular weight is 210 g/mol. The highest BCUT2D eigenvalue weighted by Crippen LogP contribution is 2.26. The third-order valence-corrected chi connectivity index (χ3v) is 2.43. The van der Waals surface area contributed by atoms with E-state index in [0.717, 1.165) is 11.3 Å². The fraction of sp³-hybridized carbons (Fsp3) is 0.455. The molecule has 84 valence electrons. The van der Waals surface area contributed by atoms with Gasteiger partial charge in [0.1, 0.15) is 12.5 Å². The van der Waals surface area contributed by atoms with Crippen LogP contribution < -0.4 is 10.6 Å². The Labute approximate surface area is 89.9 Å². The van der Waals surface area contributed by atoms with E-state index in [-0.39, 0.29) is 0 Å². The van der Waals surface area contributed by atoms with Gasteiger partial charge in [-0.1, -0.05) is 6.07 Å². The molecule has 4 N–H and O–H groups in total. The van der Waals surface area contributed by atoms with Crippen LogP contribution in [0.3, 0.4) is 0 Å². The Kier molecular flexibility index (Phi) is 3.55. The predicted octanol–water partition coefficient (Wildman–Crippen LogP) is 1.06. The molecule has 0 aliphatic heterocycles. The molecule has 0 aromatic heterocycles. The lowest BCUT2D eigenvalue weighted by Gasteiger charge is -2.32. The summed E-state index contributed by atoms with van der Waals surface area (Å²) >= 11 is 0. The van der Waals surface area contributed by atoms with Gasteiger partial charge in [0.05, 0.1) is 0 Å². The van der Waals surface area contributed by atoms with Crippen LogP contribution in [0, 0.1) is 6.92 Å². The number of nitrogen functional groups attached to an aromatic ring is 1. The maximum atomic E-state index is 9.58. The van der Waals surface area contributed by atoms with Crippen molar-refractivity contribution in [1.82, 2.24) is 0 Å². The van der Waals surface area contributed by atoms with Crippen LogP contribution in [0.25, 0.3) is 0 Å². The minimum absolute atomic E-state index is 0.652. The lowest BCUT2D eigenvalue weighted by molar-refractivity contribution is 0.105. The number of benzene rings is 1. The monoisotopic (exact) mass is 210 g/mol. The first-order chi connectivity index (χ1) is 6.95. The molecule has 0 saturated carbocycles. The molecule has 2 unspecified atom stereocenters. The van der Waals surface area contributed by atoms with Gasteiger partial charge in [0.2, 0.25) is 0 Å².